The van der Waals surface area contributed by atoms with Gasteiger partial charge in [-0.2, -0.15) is 0 Å². The van der Waals surface area contributed by atoms with E-state index in [1.165, 1.54) is 0 Å². The van der Waals surface area contributed by atoms with Gasteiger partial charge in [0.2, 0.25) is 0 Å². The van der Waals surface area contributed by atoms with Crippen LogP contribution in [-0.2, 0) is 0 Å². The van der Waals surface area contributed by atoms with Crippen molar-refractivity contribution in [2.75, 3.05) is 0 Å². The average molecular weight is 125 g/mol. The molecule has 0 radical (unpaired) electrons. The van der Waals surface area contributed by atoms with Crippen LogP contribution < -0.4 is 5.73 Å². The first-order chi connectivity index (χ1) is 3.89. The molecule has 0 bridgehead atoms. The van der Waals surface area contributed by atoms with Gasteiger partial charge in [0, 0.05) is 5.70 Å². The highest BCUT2D eigenvalue weighted by Crippen LogP contribution is 2.17. The predicted molar refractivity (Wildman–Crippen MR) is 38.9 cm³/mol. The van der Waals surface area contributed by atoms with E-state index in [1.807, 2.05) is 24.0 Å². The minimum absolute atomic E-state index is 0.745. The Kier molecular flexibility index (Phi) is 1.87. The standard InChI is InChI=1S/C6H8NP/c7-6-3-1-2-4-8-5-6/h1-5,8H,7H2. The van der Waals surface area contributed by atoms with E-state index in [-0.39, 0.29) is 0 Å². The Balaban J connectivity index is 2.69. The molecular formula is C6H8NP. The van der Waals surface area contributed by atoms with E-state index in [0.717, 1.165) is 14.3 Å². The monoisotopic (exact) mass is 125 g/mol. The van der Waals surface area contributed by atoms with Gasteiger partial charge in [-0.1, -0.05) is 26.5 Å². The summed E-state index contributed by atoms with van der Waals surface area (Å²) >= 11 is 0. The number of allylic oxidation sites excluding steroid dienone is 3. The van der Waals surface area contributed by atoms with Crippen LogP contribution in [0.5, 0.6) is 0 Å². The minimum Gasteiger partial charge on any atom is -0.399 e. The van der Waals surface area contributed by atoms with Gasteiger partial charge in [0.05, 0.1) is 0 Å². The van der Waals surface area contributed by atoms with E-state index in [2.05, 4.69) is 5.82 Å². The van der Waals surface area contributed by atoms with Crippen molar-refractivity contribution in [3.63, 3.8) is 0 Å². The van der Waals surface area contributed by atoms with Gasteiger partial charge in [0.25, 0.3) is 0 Å². The molecule has 1 atom stereocenters. The van der Waals surface area contributed by atoms with Gasteiger partial charge in [-0.25, -0.2) is 0 Å². The Bertz CT molecular complexity index is 153. The lowest BCUT2D eigenvalue weighted by Crippen LogP contribution is -1.88. The zero-order valence-corrected chi connectivity index (χ0v) is 5.46. The lowest BCUT2D eigenvalue weighted by atomic mass is 10.4. The second-order valence-corrected chi connectivity index (χ2v) is 2.48. The number of rotatable bonds is 0. The van der Waals surface area contributed by atoms with E-state index in [4.69, 9.17) is 5.73 Å². The van der Waals surface area contributed by atoms with Crippen molar-refractivity contribution >= 4 is 8.58 Å². The molecule has 1 aliphatic heterocycles. The van der Waals surface area contributed by atoms with Crippen LogP contribution in [0, 0.1) is 0 Å². The van der Waals surface area contributed by atoms with Crippen LogP contribution >= 0.6 is 8.58 Å². The van der Waals surface area contributed by atoms with Crippen LogP contribution in [0.4, 0.5) is 0 Å². The van der Waals surface area contributed by atoms with Crippen LogP contribution in [0.3, 0.4) is 0 Å². The van der Waals surface area contributed by atoms with Crippen LogP contribution in [0.15, 0.2) is 35.6 Å². The number of hydrogen-bond donors (Lipinski definition) is 1. The SMILES string of the molecule is NC1=CPC=CC=C1. The quantitative estimate of drug-likeness (QED) is 0.488. The number of hydrogen-bond acceptors (Lipinski definition) is 1. The minimum atomic E-state index is 0.745. The Morgan fingerprint density at radius 1 is 1.38 bits per heavy atom. The van der Waals surface area contributed by atoms with E-state index >= 15 is 0 Å². The molecule has 0 aromatic heterocycles. The highest BCUT2D eigenvalue weighted by Gasteiger charge is 1.81. The average Bonchev–Trinajstić information content (AvgIpc) is 1.94. The summed E-state index contributed by atoms with van der Waals surface area (Å²) in [5.41, 5.74) is 6.34. The molecule has 1 rings (SSSR count). The van der Waals surface area contributed by atoms with Crippen molar-refractivity contribution in [3.05, 3.63) is 35.6 Å². The Morgan fingerprint density at radius 2 is 2.25 bits per heavy atom. The normalized spacial score (nSPS) is 20.8. The highest BCUT2D eigenvalue weighted by molar-refractivity contribution is 7.45. The van der Waals surface area contributed by atoms with Crippen molar-refractivity contribution in [2.24, 2.45) is 5.73 Å². The van der Waals surface area contributed by atoms with Gasteiger partial charge in [0.1, 0.15) is 0 Å². The molecule has 42 valence electrons. The third-order valence-corrected chi connectivity index (χ3v) is 1.73. The fraction of sp³-hybridized carbons (Fsp3) is 0. The molecule has 1 aliphatic rings. The van der Waals surface area contributed by atoms with E-state index in [0.29, 0.717) is 0 Å². The van der Waals surface area contributed by atoms with E-state index in [9.17, 15) is 0 Å². The molecule has 0 aromatic carbocycles. The maximum atomic E-state index is 5.48. The Labute approximate surface area is 50.7 Å². The number of nitrogens with two attached hydrogens (primary N) is 1. The van der Waals surface area contributed by atoms with Crippen LogP contribution in [0.25, 0.3) is 0 Å². The highest BCUT2D eigenvalue weighted by atomic mass is 31.1. The van der Waals surface area contributed by atoms with Gasteiger partial charge in [-0.05, 0) is 11.9 Å². The molecule has 2 N–H and O–H groups in total. The second-order valence-electron chi connectivity index (χ2n) is 1.53. The summed E-state index contributed by atoms with van der Waals surface area (Å²) in [5, 5.41) is 0. The molecule has 0 amide bonds. The Hall–Kier alpha value is -0.550. The molecule has 0 saturated heterocycles. The van der Waals surface area contributed by atoms with Gasteiger partial charge in [-0.3, -0.25) is 0 Å². The van der Waals surface area contributed by atoms with Crippen molar-refractivity contribution in [1.29, 1.82) is 0 Å². The molecule has 0 fully saturated rings. The summed E-state index contributed by atoms with van der Waals surface area (Å²) in [5.74, 6) is 4.11. The second kappa shape index (κ2) is 2.68. The molecule has 1 unspecified atom stereocenters. The summed E-state index contributed by atoms with van der Waals surface area (Å²) < 4.78 is 0. The third-order valence-electron chi connectivity index (χ3n) is 0.842. The topological polar surface area (TPSA) is 26.0 Å². The summed E-state index contributed by atoms with van der Waals surface area (Å²) in [6.07, 6.45) is 5.86. The van der Waals surface area contributed by atoms with Gasteiger partial charge in [0.15, 0.2) is 0 Å². The van der Waals surface area contributed by atoms with Crippen LogP contribution in [-0.4, -0.2) is 0 Å². The maximum Gasteiger partial charge on any atom is 0.0319 e. The molecular weight excluding hydrogens is 117 g/mol. The predicted octanol–water partition coefficient (Wildman–Crippen LogP) is 1.55. The first kappa shape index (κ1) is 5.58. The lowest BCUT2D eigenvalue weighted by molar-refractivity contribution is 1.45. The van der Waals surface area contributed by atoms with Crippen molar-refractivity contribution in [2.45, 2.75) is 0 Å². The fourth-order valence-corrected chi connectivity index (χ4v) is 1.08. The summed E-state index contributed by atoms with van der Waals surface area (Å²) in [7, 11) is 0.745. The van der Waals surface area contributed by atoms with Crippen molar-refractivity contribution in [3.8, 4) is 0 Å². The maximum absolute atomic E-state index is 5.48. The first-order valence-electron chi connectivity index (χ1n) is 2.44. The van der Waals surface area contributed by atoms with Crippen molar-refractivity contribution in [1.82, 2.24) is 0 Å². The molecule has 0 aromatic rings. The van der Waals surface area contributed by atoms with Gasteiger partial charge in [-0.15, -0.1) is 0 Å². The van der Waals surface area contributed by atoms with Gasteiger partial charge < -0.3 is 5.73 Å². The zero-order chi connectivity index (χ0) is 5.82. The summed E-state index contributed by atoms with van der Waals surface area (Å²) in [6, 6.07) is 0. The van der Waals surface area contributed by atoms with Crippen LogP contribution in [0.1, 0.15) is 0 Å². The molecule has 1 nitrogen and oxygen atoms in total. The third kappa shape index (κ3) is 1.51. The molecule has 0 aliphatic carbocycles. The Morgan fingerprint density at radius 3 is 3.12 bits per heavy atom. The molecule has 2 heteroatoms. The molecule has 1 heterocycles. The van der Waals surface area contributed by atoms with Crippen LogP contribution in [0.2, 0.25) is 0 Å². The molecule has 8 heavy (non-hydrogen) atoms. The van der Waals surface area contributed by atoms with E-state index in [1.54, 1.807) is 0 Å². The first-order valence-corrected chi connectivity index (χ1v) is 3.60. The molecule has 0 saturated carbocycles. The lowest BCUT2D eigenvalue weighted by Gasteiger charge is -1.84. The zero-order valence-electron chi connectivity index (χ0n) is 4.46. The fourth-order valence-electron chi connectivity index (χ4n) is 0.470. The van der Waals surface area contributed by atoms with E-state index < -0.39 is 0 Å². The van der Waals surface area contributed by atoms with Crippen molar-refractivity contribution < 1.29 is 0 Å². The smallest absolute Gasteiger partial charge is 0.0319 e. The molecule has 0 spiro atoms. The summed E-state index contributed by atoms with van der Waals surface area (Å²) in [4.78, 5) is 0. The van der Waals surface area contributed by atoms with Gasteiger partial charge >= 0.3 is 0 Å². The largest absolute Gasteiger partial charge is 0.399 e. The summed E-state index contributed by atoms with van der Waals surface area (Å²) in [6.45, 7) is 0.